The van der Waals surface area contributed by atoms with E-state index in [0.717, 1.165) is 59.2 Å². The van der Waals surface area contributed by atoms with Crippen LogP contribution in [0.5, 0.6) is 0 Å². The lowest BCUT2D eigenvalue weighted by Crippen LogP contribution is -2.30. The molecule has 9 unspecified atom stereocenters. The van der Waals surface area contributed by atoms with Gasteiger partial charge in [-0.15, -0.1) is 0 Å². The minimum Gasteiger partial charge on any atom is -0.0851 e. The molecule has 9 atom stereocenters. The zero-order chi connectivity index (χ0) is 27.8. The van der Waals surface area contributed by atoms with Crippen LogP contribution in [0.3, 0.4) is 0 Å². The van der Waals surface area contributed by atoms with Gasteiger partial charge in [-0.1, -0.05) is 137 Å². The highest BCUT2D eigenvalue weighted by Gasteiger charge is 2.32. The van der Waals surface area contributed by atoms with Crippen LogP contribution in [0, 0.1) is 59.2 Å². The smallest absolute Gasteiger partial charge is 0.00557 e. The third-order valence-electron chi connectivity index (χ3n) is 10.0. The Morgan fingerprint density at radius 2 is 0.649 bits per heavy atom. The van der Waals surface area contributed by atoms with Crippen molar-refractivity contribution in [1.29, 1.82) is 0 Å². The summed E-state index contributed by atoms with van der Waals surface area (Å²) in [4.78, 5) is 0. The van der Waals surface area contributed by atoms with Crippen molar-refractivity contribution in [3.63, 3.8) is 0 Å². The normalized spacial score (nSPS) is 34.9. The maximum atomic E-state index is 2.49. The van der Waals surface area contributed by atoms with E-state index in [-0.39, 0.29) is 0 Å². The molecule has 4 aliphatic rings. The lowest BCUT2D eigenvalue weighted by molar-refractivity contribution is 0.172. The minimum absolute atomic E-state index is 0.829. The van der Waals surface area contributed by atoms with Crippen LogP contribution in [0.15, 0.2) is 48.6 Å². The first-order valence-corrected chi connectivity index (χ1v) is 16.6. The Hall–Kier alpha value is -1.04. The zero-order valence-corrected chi connectivity index (χ0v) is 26.8. The number of rotatable bonds is 9. The summed E-state index contributed by atoms with van der Waals surface area (Å²) < 4.78 is 0. The molecule has 37 heavy (non-hydrogen) atoms. The Balaban J connectivity index is 0.000000261. The predicted molar refractivity (Wildman–Crippen MR) is 170 cm³/mol. The molecule has 4 aliphatic carbocycles. The average molecular weight is 511 g/mol. The summed E-state index contributed by atoms with van der Waals surface area (Å²) in [6, 6.07) is 0. The summed E-state index contributed by atoms with van der Waals surface area (Å²) in [5.41, 5.74) is 0. The van der Waals surface area contributed by atoms with Gasteiger partial charge in [0, 0.05) is 0 Å². The Morgan fingerprint density at radius 1 is 0.324 bits per heavy atom. The van der Waals surface area contributed by atoms with Crippen molar-refractivity contribution < 1.29 is 0 Å². The van der Waals surface area contributed by atoms with Crippen molar-refractivity contribution >= 4 is 0 Å². The van der Waals surface area contributed by atoms with Gasteiger partial charge in [0.25, 0.3) is 0 Å². The molecule has 0 fully saturated rings. The molecule has 0 spiro atoms. The standard InChI is InChI=1S/C14H26.C10H18.C8H14.C5H8/c1-5-11-9-10-12(6-2)14(8-4)13(11)7-3;1-4-9-7-6-8(3)10(9)5-2;1-3-7-5-6-8(7)4-2;1-2-5-3-4-5/h9-14H,5-8H2,1-4H3;6-10H,4-5H2,1-3H3;5-8H,3-4H2,1-2H3;3-5H,2H2,1H3. The lowest BCUT2D eigenvalue weighted by atomic mass is 9.67. The monoisotopic (exact) mass is 511 g/mol. The summed E-state index contributed by atoms with van der Waals surface area (Å²) in [6.45, 7) is 23.0. The maximum Gasteiger partial charge on any atom is -0.00557 e. The second-order valence-corrected chi connectivity index (χ2v) is 12.0. The van der Waals surface area contributed by atoms with Gasteiger partial charge >= 0.3 is 0 Å². The average Bonchev–Trinajstić information content (AvgIpc) is 3.69. The molecule has 0 aromatic carbocycles. The summed E-state index contributed by atoms with van der Waals surface area (Å²) >= 11 is 0. The van der Waals surface area contributed by atoms with Gasteiger partial charge < -0.3 is 0 Å². The van der Waals surface area contributed by atoms with Crippen LogP contribution in [0.25, 0.3) is 0 Å². The molecule has 0 amide bonds. The second kappa shape index (κ2) is 19.1. The molecular formula is C37H66. The van der Waals surface area contributed by atoms with Crippen molar-refractivity contribution in [3.05, 3.63) is 48.6 Å². The van der Waals surface area contributed by atoms with Crippen molar-refractivity contribution in [2.75, 3.05) is 0 Å². The quantitative estimate of drug-likeness (QED) is 0.270. The van der Waals surface area contributed by atoms with E-state index in [2.05, 4.69) is 118 Å². The van der Waals surface area contributed by atoms with E-state index in [1.165, 1.54) is 57.8 Å². The van der Waals surface area contributed by atoms with Crippen molar-refractivity contribution in [2.45, 2.75) is 127 Å². The summed E-state index contributed by atoms with van der Waals surface area (Å²) in [7, 11) is 0. The van der Waals surface area contributed by atoms with Crippen LogP contribution < -0.4 is 0 Å². The fraction of sp³-hybridized carbons (Fsp3) is 0.784. The van der Waals surface area contributed by atoms with Crippen LogP contribution in [0.2, 0.25) is 0 Å². The Kier molecular flexibility index (Phi) is 17.5. The fourth-order valence-corrected chi connectivity index (χ4v) is 7.06. The predicted octanol–water partition coefficient (Wildman–Crippen LogP) is 12.1. The highest BCUT2D eigenvalue weighted by molar-refractivity contribution is 5.12. The second-order valence-electron chi connectivity index (χ2n) is 12.0. The van der Waals surface area contributed by atoms with Gasteiger partial charge in [0.1, 0.15) is 0 Å². The van der Waals surface area contributed by atoms with E-state index in [1.54, 1.807) is 0 Å². The third kappa shape index (κ3) is 10.9. The van der Waals surface area contributed by atoms with Crippen LogP contribution in [0.4, 0.5) is 0 Å². The van der Waals surface area contributed by atoms with Gasteiger partial charge in [-0.05, 0) is 97.7 Å². The molecule has 0 nitrogen and oxygen atoms in total. The SMILES string of the molecule is CCC1C=C1.CCC1C=CC(C)C1CC.CCC1C=CC(CC)C(CC)C1CC.CCC1C=CC1CC. The minimum atomic E-state index is 0.829. The Bertz CT molecular complexity index is 640. The topological polar surface area (TPSA) is 0 Å². The van der Waals surface area contributed by atoms with Crippen molar-refractivity contribution in [1.82, 2.24) is 0 Å². The molecule has 0 aromatic rings. The van der Waals surface area contributed by atoms with Gasteiger partial charge in [-0.25, -0.2) is 0 Å². The van der Waals surface area contributed by atoms with Crippen LogP contribution in [0.1, 0.15) is 127 Å². The van der Waals surface area contributed by atoms with Gasteiger partial charge in [0.05, 0.1) is 0 Å². The van der Waals surface area contributed by atoms with Gasteiger partial charge in [0.15, 0.2) is 0 Å². The first kappa shape index (κ1) is 34.0. The molecule has 4 rings (SSSR count). The lowest BCUT2D eigenvalue weighted by Gasteiger charge is -2.38. The highest BCUT2D eigenvalue weighted by atomic mass is 14.4. The van der Waals surface area contributed by atoms with Gasteiger partial charge in [0.2, 0.25) is 0 Å². The van der Waals surface area contributed by atoms with E-state index >= 15 is 0 Å². The Labute approximate surface area is 234 Å². The molecule has 0 N–H and O–H groups in total. The van der Waals surface area contributed by atoms with E-state index in [1.807, 2.05) is 0 Å². The molecule has 0 saturated heterocycles. The molecule has 0 heteroatoms. The molecule has 0 bridgehead atoms. The fourth-order valence-electron chi connectivity index (χ4n) is 7.06. The van der Waals surface area contributed by atoms with Crippen LogP contribution in [-0.4, -0.2) is 0 Å². The highest BCUT2D eigenvalue weighted by Crippen LogP contribution is 2.41. The molecular weight excluding hydrogens is 444 g/mol. The van der Waals surface area contributed by atoms with Crippen molar-refractivity contribution in [3.8, 4) is 0 Å². The zero-order valence-electron chi connectivity index (χ0n) is 26.8. The van der Waals surface area contributed by atoms with Crippen molar-refractivity contribution in [2.24, 2.45) is 59.2 Å². The number of hydrogen-bond acceptors (Lipinski definition) is 0. The Morgan fingerprint density at radius 3 is 0.865 bits per heavy atom. The third-order valence-corrected chi connectivity index (χ3v) is 10.0. The van der Waals surface area contributed by atoms with E-state index in [9.17, 15) is 0 Å². The molecule has 0 aliphatic heterocycles. The van der Waals surface area contributed by atoms with Crippen LogP contribution in [-0.2, 0) is 0 Å². The van der Waals surface area contributed by atoms with E-state index in [4.69, 9.17) is 0 Å². The summed E-state index contributed by atoms with van der Waals surface area (Å²) in [5.74, 6) is 8.95. The van der Waals surface area contributed by atoms with E-state index < -0.39 is 0 Å². The molecule has 214 valence electrons. The van der Waals surface area contributed by atoms with Gasteiger partial charge in [-0.3, -0.25) is 0 Å². The molecule has 0 radical (unpaired) electrons. The number of hydrogen-bond donors (Lipinski definition) is 0. The molecule has 0 saturated carbocycles. The van der Waals surface area contributed by atoms with Gasteiger partial charge in [-0.2, -0.15) is 0 Å². The summed E-state index contributed by atoms with van der Waals surface area (Å²) in [5, 5.41) is 0. The van der Waals surface area contributed by atoms with Crippen LogP contribution >= 0.6 is 0 Å². The number of allylic oxidation sites excluding steroid dienone is 8. The first-order chi connectivity index (χ1) is 17.9. The maximum absolute atomic E-state index is 2.49. The first-order valence-electron chi connectivity index (χ1n) is 16.6. The molecule has 0 heterocycles. The molecule has 0 aromatic heterocycles. The summed E-state index contributed by atoms with van der Waals surface area (Å²) in [6.07, 6.45) is 30.8. The van der Waals surface area contributed by atoms with E-state index in [0.29, 0.717) is 0 Å². The largest absolute Gasteiger partial charge is 0.0851 e.